The van der Waals surface area contributed by atoms with E-state index in [4.69, 9.17) is 4.52 Å². The standard InChI is InChI=1S/C14H16F3N3O2S/c1-9(12-18-11(19-22-12)10-4-2-7-23-10)20-6-3-5-13(21,8-20)14(15,16)17/h2,4,7,9,21H,3,5-6,8H2,1H3/t9-,13-/m0/s1. The van der Waals surface area contributed by atoms with Gasteiger partial charge in [-0.15, -0.1) is 11.3 Å². The minimum atomic E-state index is -4.65. The number of aliphatic hydroxyl groups is 1. The van der Waals surface area contributed by atoms with Crippen LogP contribution in [-0.4, -0.2) is 45.0 Å². The average molecular weight is 347 g/mol. The molecule has 9 heteroatoms. The van der Waals surface area contributed by atoms with Crippen LogP contribution in [0.3, 0.4) is 0 Å². The van der Waals surface area contributed by atoms with Crippen molar-refractivity contribution in [3.05, 3.63) is 23.4 Å². The van der Waals surface area contributed by atoms with E-state index in [1.54, 1.807) is 6.92 Å². The summed E-state index contributed by atoms with van der Waals surface area (Å²) in [5.74, 6) is 0.671. The molecular weight excluding hydrogens is 331 g/mol. The van der Waals surface area contributed by atoms with E-state index in [-0.39, 0.29) is 18.7 Å². The van der Waals surface area contributed by atoms with Gasteiger partial charge in [-0.05, 0) is 37.8 Å². The van der Waals surface area contributed by atoms with Gasteiger partial charge in [0.05, 0.1) is 10.9 Å². The van der Waals surface area contributed by atoms with Gasteiger partial charge in [0.2, 0.25) is 11.7 Å². The molecule has 2 aromatic rings. The largest absolute Gasteiger partial charge is 0.418 e. The molecule has 5 nitrogen and oxygen atoms in total. The van der Waals surface area contributed by atoms with Crippen LogP contribution in [0, 0.1) is 0 Å². The Kier molecular flexibility index (Phi) is 4.19. The topological polar surface area (TPSA) is 62.4 Å². The molecular formula is C14H16F3N3O2S. The van der Waals surface area contributed by atoms with Crippen molar-refractivity contribution in [1.29, 1.82) is 0 Å². The highest BCUT2D eigenvalue weighted by atomic mass is 32.1. The number of hydrogen-bond acceptors (Lipinski definition) is 6. The number of nitrogens with zero attached hydrogens (tertiary/aromatic N) is 3. The molecule has 1 fully saturated rings. The Labute approximate surface area is 134 Å². The van der Waals surface area contributed by atoms with E-state index in [2.05, 4.69) is 10.1 Å². The Morgan fingerprint density at radius 2 is 2.26 bits per heavy atom. The van der Waals surface area contributed by atoms with E-state index in [1.807, 2.05) is 17.5 Å². The molecule has 0 radical (unpaired) electrons. The lowest BCUT2D eigenvalue weighted by Crippen LogP contribution is -2.57. The van der Waals surface area contributed by atoms with Crippen molar-refractivity contribution in [2.75, 3.05) is 13.1 Å². The van der Waals surface area contributed by atoms with Crippen molar-refractivity contribution in [3.8, 4) is 10.7 Å². The molecule has 0 bridgehead atoms. The van der Waals surface area contributed by atoms with E-state index < -0.39 is 24.4 Å². The molecule has 0 aliphatic carbocycles. The van der Waals surface area contributed by atoms with Gasteiger partial charge in [0.25, 0.3) is 0 Å². The smallest absolute Gasteiger partial charge is 0.379 e. The second-order valence-corrected chi connectivity index (χ2v) is 6.66. The summed E-state index contributed by atoms with van der Waals surface area (Å²) in [6.45, 7) is 1.65. The fraction of sp³-hybridized carbons (Fsp3) is 0.571. The second-order valence-electron chi connectivity index (χ2n) is 5.71. The Hall–Kier alpha value is -1.45. The van der Waals surface area contributed by atoms with E-state index in [0.29, 0.717) is 12.4 Å². The SMILES string of the molecule is C[C@@H](c1nc(-c2cccs2)no1)N1CCC[C@@](O)(C(F)(F)F)C1. The molecule has 2 aromatic heterocycles. The van der Waals surface area contributed by atoms with E-state index in [1.165, 1.54) is 16.2 Å². The normalized spacial score (nSPS) is 24.7. The highest BCUT2D eigenvalue weighted by Gasteiger charge is 2.55. The molecule has 23 heavy (non-hydrogen) atoms. The predicted octanol–water partition coefficient (Wildman–Crippen LogP) is 3.25. The molecule has 0 unspecified atom stereocenters. The maximum absolute atomic E-state index is 13.0. The predicted molar refractivity (Wildman–Crippen MR) is 77.8 cm³/mol. The lowest BCUT2D eigenvalue weighted by Gasteiger charge is -2.41. The number of piperidine rings is 1. The molecule has 1 aliphatic heterocycles. The average Bonchev–Trinajstić information content (AvgIpc) is 3.16. The van der Waals surface area contributed by atoms with E-state index >= 15 is 0 Å². The van der Waals surface area contributed by atoms with Gasteiger partial charge < -0.3 is 9.63 Å². The van der Waals surface area contributed by atoms with Crippen LogP contribution in [0.2, 0.25) is 0 Å². The molecule has 3 rings (SSSR count). The minimum Gasteiger partial charge on any atom is -0.379 e. The van der Waals surface area contributed by atoms with Gasteiger partial charge in [0.1, 0.15) is 0 Å². The number of alkyl halides is 3. The van der Waals surface area contributed by atoms with Crippen LogP contribution in [0.1, 0.15) is 31.7 Å². The molecule has 0 saturated carbocycles. The van der Waals surface area contributed by atoms with Crippen LogP contribution in [0.15, 0.2) is 22.0 Å². The summed E-state index contributed by atoms with van der Waals surface area (Å²) in [5.41, 5.74) is -2.68. The van der Waals surface area contributed by atoms with Crippen LogP contribution in [-0.2, 0) is 0 Å². The zero-order valence-electron chi connectivity index (χ0n) is 12.4. The first-order chi connectivity index (χ1) is 10.8. The third-order valence-electron chi connectivity index (χ3n) is 4.12. The van der Waals surface area contributed by atoms with Gasteiger partial charge in [0, 0.05) is 6.54 Å². The number of β-amino-alcohol motifs (C(OH)–C–C–N with tert-alkyl or cyclic N) is 1. The number of thiophene rings is 1. The quantitative estimate of drug-likeness (QED) is 0.923. The van der Waals surface area contributed by atoms with Gasteiger partial charge in [-0.25, -0.2) is 0 Å². The van der Waals surface area contributed by atoms with Crippen molar-refractivity contribution in [2.45, 2.75) is 37.6 Å². The van der Waals surface area contributed by atoms with Crippen LogP contribution < -0.4 is 0 Å². The Balaban J connectivity index is 1.76. The summed E-state index contributed by atoms with van der Waals surface area (Å²) in [4.78, 5) is 6.63. The first-order valence-corrected chi connectivity index (χ1v) is 8.09. The summed E-state index contributed by atoms with van der Waals surface area (Å²) in [7, 11) is 0. The van der Waals surface area contributed by atoms with Crippen LogP contribution in [0.5, 0.6) is 0 Å². The van der Waals surface area contributed by atoms with Crippen molar-refractivity contribution in [1.82, 2.24) is 15.0 Å². The van der Waals surface area contributed by atoms with Gasteiger partial charge >= 0.3 is 6.18 Å². The third-order valence-corrected chi connectivity index (χ3v) is 4.98. The number of rotatable bonds is 3. The van der Waals surface area contributed by atoms with Crippen molar-refractivity contribution >= 4 is 11.3 Å². The number of hydrogen-bond donors (Lipinski definition) is 1. The molecule has 0 spiro atoms. The van der Waals surface area contributed by atoms with Gasteiger partial charge in [0.15, 0.2) is 5.60 Å². The van der Waals surface area contributed by atoms with Gasteiger partial charge in [-0.3, -0.25) is 4.90 Å². The maximum atomic E-state index is 13.0. The summed E-state index contributed by atoms with van der Waals surface area (Å²) in [5, 5.41) is 15.6. The molecule has 126 valence electrons. The van der Waals surface area contributed by atoms with Crippen LogP contribution in [0.25, 0.3) is 10.7 Å². The summed E-state index contributed by atoms with van der Waals surface area (Å²) < 4.78 is 44.3. The lowest BCUT2D eigenvalue weighted by molar-refractivity contribution is -0.276. The van der Waals surface area contributed by atoms with Gasteiger partial charge in [-0.1, -0.05) is 11.2 Å². The Morgan fingerprint density at radius 1 is 1.48 bits per heavy atom. The van der Waals surface area contributed by atoms with Crippen LogP contribution >= 0.6 is 11.3 Å². The highest BCUT2D eigenvalue weighted by molar-refractivity contribution is 7.13. The van der Waals surface area contributed by atoms with Crippen molar-refractivity contribution in [2.24, 2.45) is 0 Å². The molecule has 3 heterocycles. The number of aromatic nitrogens is 2. The monoisotopic (exact) mass is 347 g/mol. The zero-order valence-corrected chi connectivity index (χ0v) is 13.2. The van der Waals surface area contributed by atoms with Crippen molar-refractivity contribution < 1.29 is 22.8 Å². The lowest BCUT2D eigenvalue weighted by atomic mass is 9.91. The molecule has 0 aromatic carbocycles. The summed E-state index contributed by atoms with van der Waals surface area (Å²) in [6.07, 6.45) is -4.68. The van der Waals surface area contributed by atoms with Gasteiger partial charge in [-0.2, -0.15) is 18.2 Å². The Morgan fingerprint density at radius 3 is 2.91 bits per heavy atom. The highest BCUT2D eigenvalue weighted by Crippen LogP contribution is 2.39. The Bertz CT molecular complexity index is 659. The minimum absolute atomic E-state index is 0.250. The fourth-order valence-corrected chi connectivity index (χ4v) is 3.35. The third kappa shape index (κ3) is 3.13. The molecule has 1 saturated heterocycles. The summed E-state index contributed by atoms with van der Waals surface area (Å²) >= 11 is 1.45. The van der Waals surface area contributed by atoms with Crippen molar-refractivity contribution in [3.63, 3.8) is 0 Å². The maximum Gasteiger partial charge on any atom is 0.418 e. The van der Waals surface area contributed by atoms with Crippen LogP contribution in [0.4, 0.5) is 13.2 Å². The molecule has 1 aliphatic rings. The molecule has 0 amide bonds. The zero-order chi connectivity index (χ0) is 16.7. The second kappa shape index (κ2) is 5.88. The van der Waals surface area contributed by atoms with E-state index in [9.17, 15) is 18.3 Å². The number of halogens is 3. The first-order valence-electron chi connectivity index (χ1n) is 7.21. The summed E-state index contributed by atoms with van der Waals surface area (Å²) in [6, 6.07) is 3.20. The fourth-order valence-electron chi connectivity index (χ4n) is 2.70. The molecule has 2 atom stereocenters. The number of likely N-dealkylation sites (tertiary alicyclic amines) is 1. The first kappa shape index (κ1) is 16.4. The molecule has 1 N–H and O–H groups in total. The van der Waals surface area contributed by atoms with E-state index in [0.717, 1.165) is 4.88 Å².